The van der Waals surface area contributed by atoms with Crippen LogP contribution in [0.3, 0.4) is 0 Å². The molecule has 0 spiro atoms. The van der Waals surface area contributed by atoms with Gasteiger partial charge in [0.15, 0.2) is 0 Å². The number of nitrogens with two attached hydrogens (primary N) is 1. The number of hydrogen-bond donors (Lipinski definition) is 1. The molecule has 3 rings (SSSR count). The zero-order valence-corrected chi connectivity index (χ0v) is 12.2. The lowest BCUT2D eigenvalue weighted by atomic mass is 10.1. The Morgan fingerprint density at radius 2 is 1.71 bits per heavy atom. The zero-order chi connectivity index (χ0) is 14.7. The summed E-state index contributed by atoms with van der Waals surface area (Å²) in [5, 5.41) is 0. The Balaban J connectivity index is 1.90. The maximum Gasteiger partial charge on any atom is 0.140 e. The number of rotatable bonds is 4. The number of aryl methyl sites for hydroxylation is 1. The molecule has 0 saturated heterocycles. The molecule has 0 amide bonds. The van der Waals surface area contributed by atoms with E-state index in [0.29, 0.717) is 6.54 Å². The third-order valence-electron chi connectivity index (χ3n) is 3.71. The van der Waals surface area contributed by atoms with Crippen molar-refractivity contribution in [3.05, 3.63) is 77.6 Å². The quantitative estimate of drug-likeness (QED) is 0.794. The lowest BCUT2D eigenvalue weighted by Crippen LogP contribution is -2.02. The van der Waals surface area contributed by atoms with Gasteiger partial charge in [-0.25, -0.2) is 4.98 Å². The highest BCUT2D eigenvalue weighted by Gasteiger charge is 2.08. The molecule has 3 nitrogen and oxygen atoms in total. The minimum absolute atomic E-state index is 0.583. The van der Waals surface area contributed by atoms with E-state index < -0.39 is 0 Å². The van der Waals surface area contributed by atoms with Crippen molar-refractivity contribution < 1.29 is 0 Å². The minimum Gasteiger partial charge on any atom is -0.327 e. The maximum absolute atomic E-state index is 5.64. The van der Waals surface area contributed by atoms with Gasteiger partial charge in [-0.1, -0.05) is 48.5 Å². The zero-order valence-electron chi connectivity index (χ0n) is 12.2. The number of aromatic nitrogens is 2. The number of imidazole rings is 1. The van der Waals surface area contributed by atoms with Gasteiger partial charge < -0.3 is 10.3 Å². The Hall–Kier alpha value is -2.39. The largest absolute Gasteiger partial charge is 0.327 e. The van der Waals surface area contributed by atoms with Crippen LogP contribution >= 0.6 is 0 Å². The van der Waals surface area contributed by atoms with Crippen LogP contribution in [0.2, 0.25) is 0 Å². The summed E-state index contributed by atoms with van der Waals surface area (Å²) in [6.07, 6.45) is 3.88. The number of hydrogen-bond acceptors (Lipinski definition) is 2. The number of benzene rings is 2. The summed E-state index contributed by atoms with van der Waals surface area (Å²) < 4.78 is 2.18. The normalized spacial score (nSPS) is 10.8. The van der Waals surface area contributed by atoms with Gasteiger partial charge in [-0.2, -0.15) is 0 Å². The van der Waals surface area contributed by atoms with E-state index in [2.05, 4.69) is 65.0 Å². The fourth-order valence-corrected chi connectivity index (χ4v) is 2.48. The van der Waals surface area contributed by atoms with Gasteiger partial charge in [-0.05, 0) is 23.6 Å². The standard InChI is InChI=1S/C18H19N3/c1-14-4-2-3-5-17(14)18-20-10-11-21(18)13-16-8-6-15(12-19)7-9-16/h2-11H,12-13,19H2,1H3. The first-order valence-corrected chi connectivity index (χ1v) is 7.13. The Bertz CT molecular complexity index is 726. The van der Waals surface area contributed by atoms with E-state index in [9.17, 15) is 0 Å². The van der Waals surface area contributed by atoms with Crippen LogP contribution in [0.15, 0.2) is 60.9 Å². The van der Waals surface area contributed by atoms with Crippen molar-refractivity contribution in [1.29, 1.82) is 0 Å². The molecule has 0 saturated carbocycles. The van der Waals surface area contributed by atoms with Crippen molar-refractivity contribution in [2.45, 2.75) is 20.0 Å². The van der Waals surface area contributed by atoms with Crippen molar-refractivity contribution in [2.24, 2.45) is 5.73 Å². The predicted octanol–water partition coefficient (Wildman–Crippen LogP) is 3.37. The van der Waals surface area contributed by atoms with Crippen LogP contribution in [0, 0.1) is 6.92 Å². The summed E-state index contributed by atoms with van der Waals surface area (Å²) in [6, 6.07) is 16.8. The molecule has 0 aliphatic heterocycles. The maximum atomic E-state index is 5.64. The molecule has 1 aromatic heterocycles. The third kappa shape index (κ3) is 2.88. The van der Waals surface area contributed by atoms with Crippen LogP contribution in [0.25, 0.3) is 11.4 Å². The second kappa shape index (κ2) is 5.94. The Morgan fingerprint density at radius 1 is 1.00 bits per heavy atom. The molecule has 21 heavy (non-hydrogen) atoms. The molecule has 106 valence electrons. The lowest BCUT2D eigenvalue weighted by molar-refractivity contribution is 0.805. The van der Waals surface area contributed by atoms with Gasteiger partial charge in [-0.15, -0.1) is 0 Å². The average Bonchev–Trinajstić information content (AvgIpc) is 2.96. The van der Waals surface area contributed by atoms with E-state index in [-0.39, 0.29) is 0 Å². The second-order valence-electron chi connectivity index (χ2n) is 5.21. The van der Waals surface area contributed by atoms with E-state index in [1.54, 1.807) is 0 Å². The summed E-state index contributed by atoms with van der Waals surface area (Å²) in [5.41, 5.74) is 10.5. The van der Waals surface area contributed by atoms with Gasteiger partial charge in [0.2, 0.25) is 0 Å². The van der Waals surface area contributed by atoms with Gasteiger partial charge >= 0.3 is 0 Å². The highest BCUT2D eigenvalue weighted by Crippen LogP contribution is 2.22. The molecule has 2 N–H and O–H groups in total. The molecule has 2 aromatic carbocycles. The molecule has 0 bridgehead atoms. The fourth-order valence-electron chi connectivity index (χ4n) is 2.48. The molecule has 0 aliphatic carbocycles. The van der Waals surface area contributed by atoms with Gasteiger partial charge in [0.05, 0.1) is 0 Å². The first-order valence-electron chi connectivity index (χ1n) is 7.13. The minimum atomic E-state index is 0.583. The molecule has 0 unspecified atom stereocenters. The molecular weight excluding hydrogens is 258 g/mol. The fraction of sp³-hybridized carbons (Fsp3) is 0.167. The smallest absolute Gasteiger partial charge is 0.140 e. The molecule has 0 atom stereocenters. The Labute approximate surface area is 125 Å². The first kappa shape index (κ1) is 13.6. The van der Waals surface area contributed by atoms with Gasteiger partial charge in [0, 0.05) is 31.0 Å². The first-order chi connectivity index (χ1) is 10.3. The Kier molecular flexibility index (Phi) is 3.84. The van der Waals surface area contributed by atoms with Crippen LogP contribution in [0.1, 0.15) is 16.7 Å². The van der Waals surface area contributed by atoms with Crippen molar-refractivity contribution in [3.63, 3.8) is 0 Å². The SMILES string of the molecule is Cc1ccccc1-c1nccn1Cc1ccc(CN)cc1. The summed E-state index contributed by atoms with van der Waals surface area (Å²) in [5.74, 6) is 1.01. The monoisotopic (exact) mass is 277 g/mol. The predicted molar refractivity (Wildman–Crippen MR) is 85.8 cm³/mol. The van der Waals surface area contributed by atoms with Crippen molar-refractivity contribution >= 4 is 0 Å². The highest BCUT2D eigenvalue weighted by molar-refractivity contribution is 5.60. The van der Waals surface area contributed by atoms with E-state index in [0.717, 1.165) is 17.9 Å². The van der Waals surface area contributed by atoms with E-state index in [1.165, 1.54) is 16.7 Å². The van der Waals surface area contributed by atoms with Gasteiger partial charge in [-0.3, -0.25) is 0 Å². The van der Waals surface area contributed by atoms with Crippen LogP contribution in [-0.2, 0) is 13.1 Å². The molecule has 0 aliphatic rings. The Morgan fingerprint density at radius 3 is 2.43 bits per heavy atom. The lowest BCUT2D eigenvalue weighted by Gasteiger charge is -2.10. The number of nitrogens with zero attached hydrogens (tertiary/aromatic N) is 2. The molecule has 1 heterocycles. The van der Waals surface area contributed by atoms with Crippen molar-refractivity contribution in [2.75, 3.05) is 0 Å². The summed E-state index contributed by atoms with van der Waals surface area (Å²) in [6.45, 7) is 3.51. The molecule has 0 fully saturated rings. The van der Waals surface area contributed by atoms with Crippen LogP contribution in [0.5, 0.6) is 0 Å². The highest BCUT2D eigenvalue weighted by atomic mass is 15.1. The van der Waals surface area contributed by atoms with Crippen molar-refractivity contribution in [3.8, 4) is 11.4 Å². The van der Waals surface area contributed by atoms with Gasteiger partial charge in [0.25, 0.3) is 0 Å². The van der Waals surface area contributed by atoms with Gasteiger partial charge in [0.1, 0.15) is 5.82 Å². The summed E-state index contributed by atoms with van der Waals surface area (Å²) in [7, 11) is 0. The molecular formula is C18H19N3. The van der Waals surface area contributed by atoms with E-state index >= 15 is 0 Å². The molecule has 3 heteroatoms. The molecule has 3 aromatic rings. The second-order valence-corrected chi connectivity index (χ2v) is 5.21. The topological polar surface area (TPSA) is 43.8 Å². The van der Waals surface area contributed by atoms with Crippen LogP contribution in [0.4, 0.5) is 0 Å². The van der Waals surface area contributed by atoms with E-state index in [4.69, 9.17) is 5.73 Å². The van der Waals surface area contributed by atoms with Crippen molar-refractivity contribution in [1.82, 2.24) is 9.55 Å². The van der Waals surface area contributed by atoms with Crippen LogP contribution < -0.4 is 5.73 Å². The average molecular weight is 277 g/mol. The molecule has 0 radical (unpaired) electrons. The summed E-state index contributed by atoms with van der Waals surface area (Å²) in [4.78, 5) is 4.52. The summed E-state index contributed by atoms with van der Waals surface area (Å²) >= 11 is 0. The van der Waals surface area contributed by atoms with Crippen LogP contribution in [-0.4, -0.2) is 9.55 Å². The third-order valence-corrected chi connectivity index (χ3v) is 3.71. The van der Waals surface area contributed by atoms with E-state index in [1.807, 2.05) is 12.4 Å².